The van der Waals surface area contributed by atoms with Gasteiger partial charge in [0, 0.05) is 9.58 Å². The molecule has 0 spiro atoms. The first-order valence-electron chi connectivity index (χ1n) is 6.93. The van der Waals surface area contributed by atoms with Crippen molar-refractivity contribution in [3.8, 4) is 0 Å². The van der Waals surface area contributed by atoms with Gasteiger partial charge in [0.15, 0.2) is 0 Å². The number of rotatable bonds is 3. The van der Waals surface area contributed by atoms with Crippen LogP contribution in [0, 0.1) is 13.8 Å². The fourth-order valence-electron chi connectivity index (χ4n) is 2.56. The number of nitrogens with zero attached hydrogens (tertiary/aromatic N) is 1. The predicted octanol–water partition coefficient (Wildman–Crippen LogP) is 5.74. The number of thiophene rings is 1. The average molecular weight is 317 g/mol. The van der Waals surface area contributed by atoms with Gasteiger partial charge in [-0.3, -0.25) is 0 Å². The van der Waals surface area contributed by atoms with E-state index in [1.165, 1.54) is 20.5 Å². The van der Waals surface area contributed by atoms with E-state index in [4.69, 9.17) is 11.6 Å². The maximum atomic E-state index is 5.98. The molecule has 1 atom stereocenters. The quantitative estimate of drug-likeness (QED) is 0.623. The van der Waals surface area contributed by atoms with Gasteiger partial charge in [0.2, 0.25) is 0 Å². The van der Waals surface area contributed by atoms with Crippen molar-refractivity contribution in [3.05, 3.63) is 57.7 Å². The molecule has 0 radical (unpaired) electrons. The Morgan fingerprint density at radius 3 is 2.71 bits per heavy atom. The van der Waals surface area contributed by atoms with Crippen molar-refractivity contribution in [2.24, 2.45) is 0 Å². The van der Waals surface area contributed by atoms with Gasteiger partial charge < -0.3 is 5.32 Å². The van der Waals surface area contributed by atoms with E-state index in [1.807, 2.05) is 24.3 Å². The van der Waals surface area contributed by atoms with E-state index in [1.54, 1.807) is 6.20 Å². The molecule has 4 heteroatoms. The van der Waals surface area contributed by atoms with Crippen LogP contribution in [-0.4, -0.2) is 4.98 Å². The summed E-state index contributed by atoms with van der Waals surface area (Å²) in [6.07, 6.45) is 1.79. The van der Waals surface area contributed by atoms with Crippen LogP contribution in [0.4, 0.5) is 5.69 Å². The highest BCUT2D eigenvalue weighted by Gasteiger charge is 2.14. The highest BCUT2D eigenvalue weighted by molar-refractivity contribution is 7.19. The summed E-state index contributed by atoms with van der Waals surface area (Å²) in [5.41, 5.74) is 3.34. The maximum Gasteiger partial charge on any atom is 0.132 e. The van der Waals surface area contributed by atoms with Crippen molar-refractivity contribution in [1.29, 1.82) is 0 Å². The molecule has 0 saturated carbocycles. The molecule has 3 aromatic rings. The van der Waals surface area contributed by atoms with Crippen molar-refractivity contribution in [2.75, 3.05) is 5.32 Å². The van der Waals surface area contributed by atoms with Gasteiger partial charge in [-0.2, -0.15) is 0 Å². The number of pyridine rings is 1. The van der Waals surface area contributed by atoms with Crippen LogP contribution < -0.4 is 5.32 Å². The molecule has 0 bridgehead atoms. The number of hydrogen-bond donors (Lipinski definition) is 1. The first-order chi connectivity index (χ1) is 10.1. The second-order valence-electron chi connectivity index (χ2n) is 5.29. The Morgan fingerprint density at radius 2 is 2.00 bits per heavy atom. The number of aryl methyl sites for hydroxylation is 2. The van der Waals surface area contributed by atoms with E-state index in [2.05, 4.69) is 48.4 Å². The molecular formula is C17H17ClN2S. The second kappa shape index (κ2) is 5.66. The lowest BCUT2D eigenvalue weighted by Gasteiger charge is -2.15. The van der Waals surface area contributed by atoms with Crippen molar-refractivity contribution < 1.29 is 0 Å². The van der Waals surface area contributed by atoms with Gasteiger partial charge in [-0.1, -0.05) is 29.8 Å². The third-order valence-electron chi connectivity index (χ3n) is 3.67. The first-order valence-corrected chi connectivity index (χ1v) is 8.12. The lowest BCUT2D eigenvalue weighted by atomic mass is 10.1. The normalized spacial score (nSPS) is 12.6. The maximum absolute atomic E-state index is 5.98. The third-order valence-corrected chi connectivity index (χ3v) is 5.52. The van der Waals surface area contributed by atoms with Crippen LogP contribution >= 0.6 is 22.9 Å². The molecule has 0 aliphatic heterocycles. The molecule has 2 heterocycles. The largest absolute Gasteiger partial charge is 0.376 e. The molecule has 108 valence electrons. The average Bonchev–Trinajstić information content (AvgIpc) is 2.81. The monoisotopic (exact) mass is 316 g/mol. The van der Waals surface area contributed by atoms with Gasteiger partial charge in [0.1, 0.15) is 5.15 Å². The van der Waals surface area contributed by atoms with Crippen LogP contribution in [0.25, 0.3) is 10.1 Å². The van der Waals surface area contributed by atoms with Crippen molar-refractivity contribution in [1.82, 2.24) is 4.98 Å². The number of anilines is 1. The van der Waals surface area contributed by atoms with Gasteiger partial charge in [-0.05, 0) is 49.4 Å². The van der Waals surface area contributed by atoms with Crippen LogP contribution in [0.3, 0.4) is 0 Å². The standard InChI is InChI=1S/C17H17ClN2S/c1-10-8-13(9-19-17(10)18)20-12(3)16-11(2)14-6-4-5-7-15(14)21-16/h4-9,12,20H,1-3H3. The molecule has 2 aromatic heterocycles. The zero-order chi connectivity index (χ0) is 15.0. The minimum atomic E-state index is 0.241. The number of nitrogens with one attached hydrogen (secondary N) is 1. The summed E-state index contributed by atoms with van der Waals surface area (Å²) in [5.74, 6) is 0. The summed E-state index contributed by atoms with van der Waals surface area (Å²) in [6.45, 7) is 6.34. The highest BCUT2D eigenvalue weighted by Crippen LogP contribution is 2.35. The van der Waals surface area contributed by atoms with Crippen LogP contribution in [0.2, 0.25) is 5.15 Å². The minimum absolute atomic E-state index is 0.241. The lowest BCUT2D eigenvalue weighted by Crippen LogP contribution is -2.06. The van der Waals surface area contributed by atoms with Gasteiger partial charge in [-0.25, -0.2) is 4.98 Å². The van der Waals surface area contributed by atoms with Crippen molar-refractivity contribution in [3.63, 3.8) is 0 Å². The molecule has 0 aliphatic carbocycles. The van der Waals surface area contributed by atoms with E-state index >= 15 is 0 Å². The Bertz CT molecular complexity index is 795. The molecule has 21 heavy (non-hydrogen) atoms. The predicted molar refractivity (Wildman–Crippen MR) is 92.6 cm³/mol. The molecule has 0 saturated heterocycles. The molecule has 0 aliphatic rings. The summed E-state index contributed by atoms with van der Waals surface area (Å²) in [5, 5.41) is 5.42. The van der Waals surface area contributed by atoms with Gasteiger partial charge >= 0.3 is 0 Å². The SMILES string of the molecule is Cc1cc(NC(C)c2sc3ccccc3c2C)cnc1Cl. The van der Waals surface area contributed by atoms with E-state index in [0.717, 1.165) is 11.3 Å². The highest BCUT2D eigenvalue weighted by atomic mass is 35.5. The van der Waals surface area contributed by atoms with Gasteiger partial charge in [0.05, 0.1) is 17.9 Å². The Kier molecular flexibility index (Phi) is 3.87. The van der Waals surface area contributed by atoms with Crippen LogP contribution in [-0.2, 0) is 0 Å². The van der Waals surface area contributed by atoms with Crippen molar-refractivity contribution >= 4 is 38.7 Å². The Balaban J connectivity index is 1.91. The molecule has 0 fully saturated rings. The van der Waals surface area contributed by atoms with Crippen LogP contribution in [0.15, 0.2) is 36.5 Å². The van der Waals surface area contributed by atoms with Crippen LogP contribution in [0.5, 0.6) is 0 Å². The van der Waals surface area contributed by atoms with E-state index in [-0.39, 0.29) is 6.04 Å². The number of hydrogen-bond acceptors (Lipinski definition) is 3. The second-order valence-corrected chi connectivity index (χ2v) is 6.73. The fourth-order valence-corrected chi connectivity index (χ4v) is 3.88. The molecule has 1 N–H and O–H groups in total. The molecule has 1 unspecified atom stereocenters. The summed E-state index contributed by atoms with van der Waals surface area (Å²) in [6, 6.07) is 10.8. The van der Waals surface area contributed by atoms with Crippen LogP contribution in [0.1, 0.15) is 29.0 Å². The third kappa shape index (κ3) is 2.76. The molecule has 2 nitrogen and oxygen atoms in total. The molecule has 0 amide bonds. The summed E-state index contributed by atoms with van der Waals surface area (Å²) < 4.78 is 1.34. The Morgan fingerprint density at radius 1 is 1.24 bits per heavy atom. The minimum Gasteiger partial charge on any atom is -0.376 e. The summed E-state index contributed by atoms with van der Waals surface area (Å²) in [4.78, 5) is 5.56. The molecule has 1 aromatic carbocycles. The van der Waals surface area contributed by atoms with E-state index < -0.39 is 0 Å². The Labute approximate surface area is 133 Å². The first kappa shape index (κ1) is 14.4. The summed E-state index contributed by atoms with van der Waals surface area (Å²) in [7, 11) is 0. The molecule has 3 rings (SSSR count). The lowest BCUT2D eigenvalue weighted by molar-refractivity contribution is 0.898. The van der Waals surface area contributed by atoms with Gasteiger partial charge in [-0.15, -0.1) is 11.3 Å². The number of benzene rings is 1. The number of aromatic nitrogens is 1. The molecular weight excluding hydrogens is 300 g/mol. The Hall–Kier alpha value is -1.58. The van der Waals surface area contributed by atoms with Crippen molar-refractivity contribution in [2.45, 2.75) is 26.8 Å². The summed E-state index contributed by atoms with van der Waals surface area (Å²) >= 11 is 7.83. The van der Waals surface area contributed by atoms with E-state index in [0.29, 0.717) is 5.15 Å². The van der Waals surface area contributed by atoms with Gasteiger partial charge in [0.25, 0.3) is 0 Å². The smallest absolute Gasteiger partial charge is 0.132 e. The number of halogens is 1. The van der Waals surface area contributed by atoms with E-state index in [9.17, 15) is 0 Å². The zero-order valence-corrected chi connectivity index (χ0v) is 13.8. The zero-order valence-electron chi connectivity index (χ0n) is 12.3. The topological polar surface area (TPSA) is 24.9 Å². The fraction of sp³-hybridized carbons (Fsp3) is 0.235. The number of fused-ring (bicyclic) bond motifs is 1.